The van der Waals surface area contributed by atoms with Crippen LogP contribution in [-0.4, -0.2) is 12.3 Å². The molecule has 3 heteroatoms. The fourth-order valence-electron chi connectivity index (χ4n) is 2.31. The number of rotatable bonds is 7. The molecule has 2 rings (SSSR count). The molecule has 1 N–H and O–H groups in total. The van der Waals surface area contributed by atoms with Gasteiger partial charge in [0.15, 0.2) is 0 Å². The number of aryl methyl sites for hydroxylation is 1. The van der Waals surface area contributed by atoms with Crippen LogP contribution in [0.3, 0.4) is 0 Å². The van der Waals surface area contributed by atoms with Crippen molar-refractivity contribution < 1.29 is 0 Å². The molecule has 0 radical (unpaired) electrons. The lowest BCUT2D eigenvalue weighted by Crippen LogP contribution is -2.23. The topological polar surface area (TPSA) is 12.0 Å². The maximum absolute atomic E-state index is 6.21. The Balaban J connectivity index is 1.96. The molecular weight excluding hydrogens is 298 g/mol. The van der Waals surface area contributed by atoms with Crippen molar-refractivity contribution in [2.75, 3.05) is 12.3 Å². The summed E-state index contributed by atoms with van der Waals surface area (Å²) in [6.07, 6.45) is 0. The monoisotopic (exact) mass is 319 g/mol. The lowest BCUT2D eigenvalue weighted by molar-refractivity contribution is 0.605. The Morgan fingerprint density at radius 3 is 2.67 bits per heavy atom. The van der Waals surface area contributed by atoms with Gasteiger partial charge in [-0.05, 0) is 30.7 Å². The molecule has 1 nitrogen and oxygen atoms in total. The van der Waals surface area contributed by atoms with Crippen LogP contribution < -0.4 is 5.32 Å². The Labute approximate surface area is 137 Å². The van der Waals surface area contributed by atoms with Gasteiger partial charge in [0.25, 0.3) is 0 Å². The van der Waals surface area contributed by atoms with Crippen molar-refractivity contribution in [2.45, 2.75) is 25.6 Å². The van der Waals surface area contributed by atoms with Crippen molar-refractivity contribution in [1.82, 2.24) is 5.32 Å². The first-order chi connectivity index (χ1) is 10.2. The van der Waals surface area contributed by atoms with E-state index in [1.54, 1.807) is 0 Å². The van der Waals surface area contributed by atoms with Crippen molar-refractivity contribution in [2.24, 2.45) is 0 Å². The summed E-state index contributed by atoms with van der Waals surface area (Å²) in [5, 5.41) is 4.43. The van der Waals surface area contributed by atoms with Crippen LogP contribution in [0.25, 0.3) is 0 Å². The summed E-state index contributed by atoms with van der Waals surface area (Å²) in [6, 6.07) is 17.2. The molecule has 21 heavy (non-hydrogen) atoms. The summed E-state index contributed by atoms with van der Waals surface area (Å²) in [7, 11) is 0. The van der Waals surface area contributed by atoms with E-state index in [1.807, 2.05) is 30.0 Å². The minimum Gasteiger partial charge on any atom is -0.310 e. The fraction of sp³-hybridized carbons (Fsp3) is 0.333. The Morgan fingerprint density at radius 1 is 1.14 bits per heavy atom. The predicted octanol–water partition coefficient (Wildman–Crippen LogP) is 5.23. The Morgan fingerprint density at radius 2 is 1.95 bits per heavy atom. The summed E-state index contributed by atoms with van der Waals surface area (Å²) in [5.41, 5.74) is 3.89. The average Bonchev–Trinajstić information content (AvgIpc) is 2.48. The zero-order chi connectivity index (χ0) is 15.1. The number of thioether (sulfide) groups is 1. The molecule has 0 aliphatic carbocycles. The molecule has 0 bridgehead atoms. The van der Waals surface area contributed by atoms with Crippen LogP contribution in [0, 0.1) is 6.92 Å². The summed E-state index contributed by atoms with van der Waals surface area (Å²) >= 11 is 8.13. The van der Waals surface area contributed by atoms with E-state index in [1.165, 1.54) is 16.7 Å². The minimum absolute atomic E-state index is 0.391. The largest absolute Gasteiger partial charge is 0.310 e. The summed E-state index contributed by atoms with van der Waals surface area (Å²) in [5.74, 6) is 2.00. The van der Waals surface area contributed by atoms with E-state index in [9.17, 15) is 0 Å². The molecule has 1 atom stereocenters. The third-order valence-corrected chi connectivity index (χ3v) is 4.85. The van der Waals surface area contributed by atoms with Crippen LogP contribution in [0.2, 0.25) is 5.02 Å². The third-order valence-electron chi connectivity index (χ3n) is 3.39. The quantitative estimate of drug-likeness (QED) is 0.749. The summed E-state index contributed by atoms with van der Waals surface area (Å²) in [4.78, 5) is 0. The Hall–Kier alpha value is -0.960. The van der Waals surface area contributed by atoms with E-state index in [4.69, 9.17) is 11.6 Å². The molecule has 0 heterocycles. The van der Waals surface area contributed by atoms with Crippen LogP contribution in [0.1, 0.15) is 29.7 Å². The van der Waals surface area contributed by atoms with E-state index in [0.717, 1.165) is 23.1 Å². The number of hydrogen-bond acceptors (Lipinski definition) is 2. The molecule has 0 amide bonds. The molecule has 0 saturated carbocycles. The molecule has 2 aromatic carbocycles. The first-order valence-corrected chi connectivity index (χ1v) is 8.85. The van der Waals surface area contributed by atoms with Gasteiger partial charge < -0.3 is 5.32 Å². The van der Waals surface area contributed by atoms with Gasteiger partial charge in [-0.15, -0.1) is 0 Å². The highest BCUT2D eigenvalue weighted by atomic mass is 35.5. The molecular formula is C18H22ClNS. The standard InChI is InChI=1S/C18H22ClNS/c1-3-20-18(15-9-6-7-14(2)11-15)13-21-12-16-8-4-5-10-17(16)19/h4-11,18,20H,3,12-13H2,1-2H3. The average molecular weight is 320 g/mol. The number of hydrogen-bond donors (Lipinski definition) is 1. The van der Waals surface area contributed by atoms with E-state index >= 15 is 0 Å². The highest BCUT2D eigenvalue weighted by Crippen LogP contribution is 2.25. The molecule has 0 saturated heterocycles. The zero-order valence-electron chi connectivity index (χ0n) is 12.6. The normalized spacial score (nSPS) is 12.3. The Kier molecular flexibility index (Phi) is 6.62. The van der Waals surface area contributed by atoms with Crippen LogP contribution in [-0.2, 0) is 5.75 Å². The van der Waals surface area contributed by atoms with E-state index in [0.29, 0.717) is 6.04 Å². The van der Waals surface area contributed by atoms with Gasteiger partial charge in [-0.1, -0.05) is 66.6 Å². The van der Waals surface area contributed by atoms with Gasteiger partial charge in [0, 0.05) is 22.6 Å². The van der Waals surface area contributed by atoms with E-state index in [-0.39, 0.29) is 0 Å². The smallest absolute Gasteiger partial charge is 0.0446 e. The van der Waals surface area contributed by atoms with Crippen molar-refractivity contribution >= 4 is 23.4 Å². The molecule has 2 aromatic rings. The molecule has 0 aliphatic heterocycles. The zero-order valence-corrected chi connectivity index (χ0v) is 14.2. The molecule has 0 aliphatic rings. The second-order valence-corrected chi connectivity index (χ2v) is 6.57. The maximum Gasteiger partial charge on any atom is 0.0446 e. The number of nitrogens with one attached hydrogen (secondary N) is 1. The molecule has 0 spiro atoms. The fourth-order valence-corrected chi connectivity index (χ4v) is 3.73. The van der Waals surface area contributed by atoms with Crippen LogP contribution >= 0.6 is 23.4 Å². The molecule has 0 fully saturated rings. The van der Waals surface area contributed by atoms with Gasteiger partial charge in [-0.25, -0.2) is 0 Å². The first-order valence-electron chi connectivity index (χ1n) is 7.31. The number of halogens is 1. The van der Waals surface area contributed by atoms with E-state index < -0.39 is 0 Å². The van der Waals surface area contributed by atoms with Gasteiger partial charge in [0.1, 0.15) is 0 Å². The second-order valence-electron chi connectivity index (χ2n) is 5.13. The molecule has 0 aromatic heterocycles. The van der Waals surface area contributed by atoms with Crippen LogP contribution in [0.15, 0.2) is 48.5 Å². The predicted molar refractivity (Wildman–Crippen MR) is 95.2 cm³/mol. The van der Waals surface area contributed by atoms with Gasteiger partial charge in [-0.2, -0.15) is 11.8 Å². The van der Waals surface area contributed by atoms with Crippen molar-refractivity contribution in [1.29, 1.82) is 0 Å². The molecule has 112 valence electrons. The van der Waals surface area contributed by atoms with Crippen molar-refractivity contribution in [3.63, 3.8) is 0 Å². The highest BCUT2D eigenvalue weighted by Gasteiger charge is 2.11. The first kappa shape index (κ1) is 16.4. The van der Waals surface area contributed by atoms with Crippen molar-refractivity contribution in [3.05, 3.63) is 70.2 Å². The van der Waals surface area contributed by atoms with E-state index in [2.05, 4.69) is 49.5 Å². The molecule has 1 unspecified atom stereocenters. The second kappa shape index (κ2) is 8.47. The Bertz CT molecular complexity index is 571. The third kappa shape index (κ3) is 5.06. The maximum atomic E-state index is 6.21. The SMILES string of the molecule is CCNC(CSCc1ccccc1Cl)c1cccc(C)c1. The van der Waals surface area contributed by atoms with Crippen molar-refractivity contribution in [3.8, 4) is 0 Å². The van der Waals surface area contributed by atoms with Gasteiger partial charge in [0.2, 0.25) is 0 Å². The summed E-state index contributed by atoms with van der Waals surface area (Å²) < 4.78 is 0. The summed E-state index contributed by atoms with van der Waals surface area (Å²) in [6.45, 7) is 5.27. The van der Waals surface area contributed by atoms with Crippen LogP contribution in [0.4, 0.5) is 0 Å². The highest BCUT2D eigenvalue weighted by molar-refractivity contribution is 7.98. The van der Waals surface area contributed by atoms with Gasteiger partial charge >= 0.3 is 0 Å². The lowest BCUT2D eigenvalue weighted by atomic mass is 10.1. The van der Waals surface area contributed by atoms with Gasteiger partial charge in [0.05, 0.1) is 0 Å². The minimum atomic E-state index is 0.391. The lowest BCUT2D eigenvalue weighted by Gasteiger charge is -2.18. The van der Waals surface area contributed by atoms with Gasteiger partial charge in [-0.3, -0.25) is 0 Å². The number of benzene rings is 2. The van der Waals surface area contributed by atoms with Crippen LogP contribution in [0.5, 0.6) is 0 Å².